The van der Waals surface area contributed by atoms with E-state index in [4.69, 9.17) is 0 Å². The molecule has 0 saturated carbocycles. The molecule has 0 bridgehead atoms. The van der Waals surface area contributed by atoms with Crippen molar-refractivity contribution in [3.8, 4) is 0 Å². The number of nitrogens with one attached hydrogen (secondary N) is 1. The van der Waals surface area contributed by atoms with Gasteiger partial charge in [0.2, 0.25) is 0 Å². The Kier molecular flexibility index (Phi) is 4.77. The van der Waals surface area contributed by atoms with E-state index in [1.54, 1.807) is 0 Å². The lowest BCUT2D eigenvalue weighted by Gasteiger charge is -2.06. The Morgan fingerprint density at radius 2 is 2.10 bits per heavy atom. The second-order valence-electron chi connectivity index (χ2n) is 5.25. The van der Waals surface area contributed by atoms with Gasteiger partial charge in [-0.2, -0.15) is 0 Å². The maximum Gasteiger partial charge on any atom is 0.270 e. The minimum absolute atomic E-state index is 0.0305. The Balaban J connectivity index is 2.10. The summed E-state index contributed by atoms with van der Waals surface area (Å²) in [4.78, 5) is 16.8. The first-order valence-corrected chi connectivity index (χ1v) is 7.37. The summed E-state index contributed by atoms with van der Waals surface area (Å²) in [5.41, 5.74) is 3.38. The van der Waals surface area contributed by atoms with E-state index >= 15 is 0 Å². The van der Waals surface area contributed by atoms with Crippen LogP contribution in [0, 0.1) is 13.8 Å². The zero-order chi connectivity index (χ0) is 14.5. The van der Waals surface area contributed by atoms with E-state index in [9.17, 15) is 4.79 Å². The highest BCUT2D eigenvalue weighted by molar-refractivity contribution is 5.94. The molecule has 0 aliphatic heterocycles. The van der Waals surface area contributed by atoms with E-state index in [1.807, 2.05) is 36.6 Å². The van der Waals surface area contributed by atoms with Gasteiger partial charge in [-0.3, -0.25) is 9.20 Å². The third-order valence-corrected chi connectivity index (χ3v) is 3.55. The smallest absolute Gasteiger partial charge is 0.270 e. The van der Waals surface area contributed by atoms with Crippen molar-refractivity contribution >= 4 is 11.6 Å². The van der Waals surface area contributed by atoms with Crippen molar-refractivity contribution in [3.63, 3.8) is 0 Å². The fourth-order valence-corrected chi connectivity index (χ4v) is 2.43. The Hall–Kier alpha value is -1.84. The molecule has 0 atom stereocenters. The zero-order valence-corrected chi connectivity index (χ0v) is 12.6. The van der Waals surface area contributed by atoms with Gasteiger partial charge in [0.1, 0.15) is 11.3 Å². The van der Waals surface area contributed by atoms with Crippen LogP contribution < -0.4 is 5.32 Å². The van der Waals surface area contributed by atoms with E-state index in [1.165, 1.54) is 19.3 Å². The number of amides is 1. The fraction of sp³-hybridized carbons (Fsp3) is 0.500. The van der Waals surface area contributed by atoms with Gasteiger partial charge < -0.3 is 5.32 Å². The van der Waals surface area contributed by atoms with Crippen molar-refractivity contribution in [1.29, 1.82) is 0 Å². The van der Waals surface area contributed by atoms with Crippen molar-refractivity contribution in [1.82, 2.24) is 14.7 Å². The second-order valence-corrected chi connectivity index (χ2v) is 5.25. The molecule has 4 nitrogen and oxygen atoms in total. The molecule has 20 heavy (non-hydrogen) atoms. The number of hydrogen-bond acceptors (Lipinski definition) is 2. The molecule has 2 aromatic heterocycles. The van der Waals surface area contributed by atoms with Crippen LogP contribution in [0.1, 0.15) is 54.4 Å². The normalized spacial score (nSPS) is 10.9. The van der Waals surface area contributed by atoms with Crippen LogP contribution >= 0.6 is 0 Å². The summed E-state index contributed by atoms with van der Waals surface area (Å²) in [6, 6.07) is 3.95. The van der Waals surface area contributed by atoms with Crippen LogP contribution in [0.4, 0.5) is 0 Å². The molecule has 108 valence electrons. The molecule has 2 aromatic rings. The van der Waals surface area contributed by atoms with Gasteiger partial charge in [-0.25, -0.2) is 4.98 Å². The standard InChI is InChI=1S/C16H23N3O/c1-4-5-6-7-10-17-16(20)14-13(3)18-15-12(2)9-8-11-19(14)15/h8-9,11H,4-7,10H2,1-3H3,(H,17,20). The highest BCUT2D eigenvalue weighted by Crippen LogP contribution is 2.15. The van der Waals surface area contributed by atoms with Gasteiger partial charge in [0.25, 0.3) is 5.91 Å². The molecule has 0 fully saturated rings. The molecule has 0 saturated heterocycles. The summed E-state index contributed by atoms with van der Waals surface area (Å²) in [6.45, 7) is 6.81. The fourth-order valence-electron chi connectivity index (χ4n) is 2.43. The van der Waals surface area contributed by atoms with Gasteiger partial charge in [-0.15, -0.1) is 0 Å². The number of carbonyl (C=O) groups is 1. The summed E-state index contributed by atoms with van der Waals surface area (Å²) >= 11 is 0. The molecule has 1 amide bonds. The van der Waals surface area contributed by atoms with E-state index in [0.29, 0.717) is 5.69 Å². The highest BCUT2D eigenvalue weighted by Gasteiger charge is 2.16. The van der Waals surface area contributed by atoms with Crippen molar-refractivity contribution in [2.75, 3.05) is 6.54 Å². The average Bonchev–Trinajstić information content (AvgIpc) is 2.76. The third-order valence-electron chi connectivity index (χ3n) is 3.55. The Bertz CT molecular complexity index is 601. The molecule has 1 N–H and O–H groups in total. The molecule has 0 unspecified atom stereocenters. The Morgan fingerprint density at radius 3 is 2.85 bits per heavy atom. The number of imidazole rings is 1. The van der Waals surface area contributed by atoms with E-state index < -0.39 is 0 Å². The lowest BCUT2D eigenvalue weighted by molar-refractivity contribution is 0.0946. The number of aromatic nitrogens is 2. The van der Waals surface area contributed by atoms with Gasteiger partial charge in [-0.05, 0) is 31.9 Å². The molecule has 0 aliphatic rings. The summed E-state index contributed by atoms with van der Waals surface area (Å²) in [7, 11) is 0. The van der Waals surface area contributed by atoms with Crippen LogP contribution in [0.25, 0.3) is 5.65 Å². The number of fused-ring (bicyclic) bond motifs is 1. The SMILES string of the molecule is CCCCCCNC(=O)c1c(C)nc2c(C)cccn12. The first-order chi connectivity index (χ1) is 9.65. The molecular formula is C16H23N3O. The second kappa shape index (κ2) is 6.55. The van der Waals surface area contributed by atoms with Crippen LogP contribution in [0.2, 0.25) is 0 Å². The van der Waals surface area contributed by atoms with Crippen molar-refractivity contribution in [3.05, 3.63) is 35.3 Å². The lowest BCUT2D eigenvalue weighted by atomic mass is 10.2. The van der Waals surface area contributed by atoms with Crippen LogP contribution in [-0.2, 0) is 0 Å². The molecule has 2 heterocycles. The van der Waals surface area contributed by atoms with Gasteiger partial charge in [-0.1, -0.05) is 32.3 Å². The number of nitrogens with zero attached hydrogens (tertiary/aromatic N) is 2. The van der Waals surface area contributed by atoms with Crippen molar-refractivity contribution < 1.29 is 4.79 Å². The topological polar surface area (TPSA) is 46.4 Å². The Morgan fingerprint density at radius 1 is 1.30 bits per heavy atom. The quantitative estimate of drug-likeness (QED) is 0.821. The molecule has 0 spiro atoms. The van der Waals surface area contributed by atoms with Crippen LogP contribution in [0.3, 0.4) is 0 Å². The number of aryl methyl sites for hydroxylation is 2. The number of rotatable bonds is 6. The minimum atomic E-state index is -0.0305. The minimum Gasteiger partial charge on any atom is -0.351 e. The predicted octanol–water partition coefficient (Wildman–Crippen LogP) is 3.26. The Labute approximate surface area is 120 Å². The van der Waals surface area contributed by atoms with Crippen LogP contribution in [-0.4, -0.2) is 21.8 Å². The van der Waals surface area contributed by atoms with Crippen LogP contribution in [0.15, 0.2) is 18.3 Å². The van der Waals surface area contributed by atoms with Gasteiger partial charge in [0, 0.05) is 12.7 Å². The molecule has 0 radical (unpaired) electrons. The van der Waals surface area contributed by atoms with E-state index in [0.717, 1.165) is 29.9 Å². The monoisotopic (exact) mass is 273 g/mol. The van der Waals surface area contributed by atoms with E-state index in [2.05, 4.69) is 17.2 Å². The highest BCUT2D eigenvalue weighted by atomic mass is 16.1. The van der Waals surface area contributed by atoms with E-state index in [-0.39, 0.29) is 5.91 Å². The van der Waals surface area contributed by atoms with Gasteiger partial charge in [0.05, 0.1) is 5.69 Å². The molecular weight excluding hydrogens is 250 g/mol. The number of unbranched alkanes of at least 4 members (excludes halogenated alkanes) is 3. The predicted molar refractivity (Wildman–Crippen MR) is 81.1 cm³/mol. The lowest BCUT2D eigenvalue weighted by Crippen LogP contribution is -2.26. The average molecular weight is 273 g/mol. The van der Waals surface area contributed by atoms with Gasteiger partial charge >= 0.3 is 0 Å². The third kappa shape index (κ3) is 3.00. The maximum atomic E-state index is 12.3. The number of hydrogen-bond donors (Lipinski definition) is 1. The summed E-state index contributed by atoms with van der Waals surface area (Å²) in [5.74, 6) is -0.0305. The molecule has 4 heteroatoms. The summed E-state index contributed by atoms with van der Waals surface area (Å²) in [5, 5.41) is 3.00. The zero-order valence-electron chi connectivity index (χ0n) is 12.6. The van der Waals surface area contributed by atoms with Gasteiger partial charge in [0.15, 0.2) is 0 Å². The van der Waals surface area contributed by atoms with Crippen molar-refractivity contribution in [2.24, 2.45) is 0 Å². The molecule has 0 aromatic carbocycles. The van der Waals surface area contributed by atoms with Crippen LogP contribution in [0.5, 0.6) is 0 Å². The molecule has 0 aliphatic carbocycles. The summed E-state index contributed by atoms with van der Waals surface area (Å²) in [6.07, 6.45) is 6.54. The first kappa shape index (κ1) is 14.6. The summed E-state index contributed by atoms with van der Waals surface area (Å²) < 4.78 is 1.88. The first-order valence-electron chi connectivity index (χ1n) is 7.37. The van der Waals surface area contributed by atoms with Crippen molar-refractivity contribution in [2.45, 2.75) is 46.5 Å². The largest absolute Gasteiger partial charge is 0.351 e. The number of pyridine rings is 1. The molecule has 2 rings (SSSR count). The maximum absolute atomic E-state index is 12.3. The number of carbonyl (C=O) groups excluding carboxylic acids is 1.